The van der Waals surface area contributed by atoms with Gasteiger partial charge in [0.05, 0.1) is 11.6 Å². The topological polar surface area (TPSA) is 89.3 Å². The second-order valence-corrected chi connectivity index (χ2v) is 8.01. The Labute approximate surface area is 192 Å². The number of aryl methyl sites for hydroxylation is 1. The van der Waals surface area contributed by atoms with Crippen LogP contribution in [0.15, 0.2) is 84.9 Å². The van der Waals surface area contributed by atoms with Crippen molar-refractivity contribution >= 4 is 28.9 Å². The number of carbonyl (C=O) groups excluding carboxylic acids is 3. The van der Waals surface area contributed by atoms with Gasteiger partial charge in [-0.3, -0.25) is 9.59 Å². The Morgan fingerprint density at radius 2 is 1.67 bits per heavy atom. The fraction of sp³-hybridized carbons (Fsp3) is 0.107. The zero-order valence-electron chi connectivity index (χ0n) is 18.2. The van der Waals surface area contributed by atoms with Gasteiger partial charge in [-0.2, -0.15) is 0 Å². The highest BCUT2D eigenvalue weighted by Crippen LogP contribution is 2.31. The molecule has 0 saturated heterocycles. The van der Waals surface area contributed by atoms with Crippen molar-refractivity contribution in [1.29, 1.82) is 0 Å². The maximum absolute atomic E-state index is 13.1. The third-order valence-corrected chi connectivity index (χ3v) is 5.75. The van der Waals surface area contributed by atoms with Crippen molar-refractivity contribution < 1.29 is 14.4 Å². The highest BCUT2D eigenvalue weighted by Gasteiger charge is 2.19. The van der Waals surface area contributed by atoms with Crippen molar-refractivity contribution in [2.24, 2.45) is 5.73 Å². The molecule has 0 aliphatic heterocycles. The lowest BCUT2D eigenvalue weighted by molar-refractivity contribution is -0.109. The third kappa shape index (κ3) is 4.67. The van der Waals surface area contributed by atoms with Crippen LogP contribution >= 0.6 is 0 Å². The highest BCUT2D eigenvalue weighted by molar-refractivity contribution is 6.12. The average Bonchev–Trinajstić information content (AvgIpc) is 2.83. The molecule has 1 atom stereocenters. The van der Waals surface area contributed by atoms with Crippen LogP contribution in [0.5, 0.6) is 0 Å². The lowest BCUT2D eigenvalue weighted by Crippen LogP contribution is -2.37. The Morgan fingerprint density at radius 3 is 2.39 bits per heavy atom. The van der Waals surface area contributed by atoms with Crippen molar-refractivity contribution in [3.63, 3.8) is 0 Å². The molecular formula is C28H24N2O3. The molecule has 3 N–H and O–H groups in total. The van der Waals surface area contributed by atoms with Gasteiger partial charge >= 0.3 is 0 Å². The molecule has 0 radical (unpaired) electrons. The molecule has 0 aromatic heterocycles. The number of aldehydes is 1. The molecule has 33 heavy (non-hydrogen) atoms. The first-order valence-corrected chi connectivity index (χ1v) is 10.7. The molecule has 4 rings (SSSR count). The summed E-state index contributed by atoms with van der Waals surface area (Å²) in [5.74, 6) is -0.874. The Kier molecular flexibility index (Phi) is 6.31. The van der Waals surface area contributed by atoms with Crippen LogP contribution in [0.25, 0.3) is 21.9 Å². The van der Waals surface area contributed by atoms with Crippen molar-refractivity contribution in [2.75, 3.05) is 0 Å². The van der Waals surface area contributed by atoms with Gasteiger partial charge < -0.3 is 15.8 Å². The van der Waals surface area contributed by atoms with Gasteiger partial charge in [-0.25, -0.2) is 0 Å². The number of fused-ring (bicyclic) bond motifs is 1. The number of hydrogen-bond acceptors (Lipinski definition) is 3. The first-order chi connectivity index (χ1) is 16.0. The van der Waals surface area contributed by atoms with Gasteiger partial charge in [0.2, 0.25) is 5.91 Å². The van der Waals surface area contributed by atoms with Crippen LogP contribution in [-0.2, 0) is 11.2 Å². The number of hydrogen-bond donors (Lipinski definition) is 2. The lowest BCUT2D eigenvalue weighted by atomic mass is 9.92. The predicted molar refractivity (Wildman–Crippen MR) is 130 cm³/mol. The molecule has 0 spiro atoms. The standard InChI is InChI=1S/C28H24N2O3/c1-18-11-12-21(24-14-13-20-9-5-6-10-23(20)26(24)27(29)32)16-25(18)28(33)30-22(17-31)15-19-7-3-2-4-8-19/h2-14,16-17,22H,15H2,1H3,(H2,29,32)(H,30,33). The SMILES string of the molecule is Cc1ccc(-c2ccc3ccccc3c2C(N)=O)cc1C(=O)NC(C=O)Cc1ccccc1. The summed E-state index contributed by atoms with van der Waals surface area (Å²) in [6.45, 7) is 1.83. The normalized spacial score (nSPS) is 11.7. The van der Waals surface area contributed by atoms with Gasteiger partial charge in [0.25, 0.3) is 5.91 Å². The summed E-state index contributed by atoms with van der Waals surface area (Å²) in [7, 11) is 0. The van der Waals surface area contributed by atoms with E-state index >= 15 is 0 Å². The summed E-state index contributed by atoms with van der Waals surface area (Å²) in [6.07, 6.45) is 1.16. The number of rotatable bonds is 7. The van der Waals surface area contributed by atoms with Crippen LogP contribution in [0.2, 0.25) is 0 Å². The van der Waals surface area contributed by atoms with E-state index in [1.807, 2.05) is 85.8 Å². The molecule has 5 heteroatoms. The van der Waals surface area contributed by atoms with Crippen LogP contribution < -0.4 is 11.1 Å². The van der Waals surface area contributed by atoms with E-state index in [1.165, 1.54) is 0 Å². The fourth-order valence-electron chi connectivity index (χ4n) is 4.06. The second kappa shape index (κ2) is 9.49. The predicted octanol–water partition coefficient (Wildman–Crippen LogP) is 4.45. The Bertz CT molecular complexity index is 1350. The van der Waals surface area contributed by atoms with Crippen LogP contribution in [0, 0.1) is 6.92 Å². The number of benzene rings is 4. The Morgan fingerprint density at radius 1 is 0.939 bits per heavy atom. The van der Waals surface area contributed by atoms with E-state index in [-0.39, 0.29) is 5.91 Å². The number of carbonyl (C=O) groups is 3. The van der Waals surface area contributed by atoms with Gasteiger partial charge in [-0.15, -0.1) is 0 Å². The zero-order chi connectivity index (χ0) is 23.4. The lowest BCUT2D eigenvalue weighted by Gasteiger charge is -2.16. The first kappa shape index (κ1) is 22.0. The third-order valence-electron chi connectivity index (χ3n) is 5.75. The minimum absolute atomic E-state index is 0.344. The molecule has 0 bridgehead atoms. The number of amides is 2. The van der Waals surface area contributed by atoms with Crippen LogP contribution in [0.1, 0.15) is 31.8 Å². The largest absolute Gasteiger partial charge is 0.366 e. The Hall–Kier alpha value is -4.25. The van der Waals surface area contributed by atoms with Gasteiger partial charge in [0.15, 0.2) is 0 Å². The van der Waals surface area contributed by atoms with Gasteiger partial charge in [-0.1, -0.05) is 78.9 Å². The molecule has 5 nitrogen and oxygen atoms in total. The highest BCUT2D eigenvalue weighted by atomic mass is 16.2. The van der Waals surface area contributed by atoms with Gasteiger partial charge in [0, 0.05) is 5.56 Å². The summed E-state index contributed by atoms with van der Waals surface area (Å²) in [4.78, 5) is 37.1. The maximum atomic E-state index is 13.1. The molecule has 1 unspecified atom stereocenters. The molecular weight excluding hydrogens is 412 g/mol. The summed E-state index contributed by atoms with van der Waals surface area (Å²) < 4.78 is 0. The molecule has 164 valence electrons. The van der Waals surface area contributed by atoms with E-state index in [4.69, 9.17) is 5.73 Å². The summed E-state index contributed by atoms with van der Waals surface area (Å²) in [5.41, 5.74) is 9.69. The van der Waals surface area contributed by atoms with Gasteiger partial charge in [-0.05, 0) is 52.4 Å². The summed E-state index contributed by atoms with van der Waals surface area (Å²) >= 11 is 0. The number of nitrogens with one attached hydrogen (secondary N) is 1. The van der Waals surface area contributed by atoms with E-state index in [0.717, 1.165) is 28.2 Å². The van der Waals surface area contributed by atoms with Crippen molar-refractivity contribution in [2.45, 2.75) is 19.4 Å². The van der Waals surface area contributed by atoms with E-state index in [0.29, 0.717) is 28.7 Å². The monoisotopic (exact) mass is 436 g/mol. The maximum Gasteiger partial charge on any atom is 0.252 e. The minimum atomic E-state index is -0.648. The van der Waals surface area contributed by atoms with Crippen LogP contribution in [0.3, 0.4) is 0 Å². The van der Waals surface area contributed by atoms with Crippen molar-refractivity contribution in [3.8, 4) is 11.1 Å². The molecule has 4 aromatic rings. The van der Waals surface area contributed by atoms with E-state index in [2.05, 4.69) is 5.32 Å². The molecule has 0 heterocycles. The molecule has 2 amide bonds. The zero-order valence-corrected chi connectivity index (χ0v) is 18.2. The summed E-state index contributed by atoms with van der Waals surface area (Å²) in [6, 6.07) is 25.6. The van der Waals surface area contributed by atoms with Gasteiger partial charge in [0.1, 0.15) is 6.29 Å². The van der Waals surface area contributed by atoms with Crippen LogP contribution in [-0.4, -0.2) is 24.1 Å². The van der Waals surface area contributed by atoms with E-state index in [1.54, 1.807) is 6.07 Å². The second-order valence-electron chi connectivity index (χ2n) is 8.01. The van der Waals surface area contributed by atoms with Crippen molar-refractivity contribution in [3.05, 3.63) is 107 Å². The van der Waals surface area contributed by atoms with Crippen molar-refractivity contribution in [1.82, 2.24) is 5.32 Å². The average molecular weight is 437 g/mol. The Balaban J connectivity index is 1.68. The minimum Gasteiger partial charge on any atom is -0.366 e. The number of primary amides is 1. The summed E-state index contributed by atoms with van der Waals surface area (Å²) in [5, 5.41) is 4.49. The molecule has 0 saturated carbocycles. The van der Waals surface area contributed by atoms with Crippen LogP contribution in [0.4, 0.5) is 0 Å². The smallest absolute Gasteiger partial charge is 0.252 e. The number of nitrogens with two attached hydrogens (primary N) is 1. The molecule has 0 aliphatic rings. The molecule has 0 aliphatic carbocycles. The quantitative estimate of drug-likeness (QED) is 0.419. The fourth-order valence-corrected chi connectivity index (χ4v) is 4.06. The first-order valence-electron chi connectivity index (χ1n) is 10.7. The van der Waals surface area contributed by atoms with E-state index in [9.17, 15) is 14.4 Å². The molecule has 4 aromatic carbocycles. The van der Waals surface area contributed by atoms with E-state index < -0.39 is 11.9 Å². The molecule has 0 fully saturated rings.